The van der Waals surface area contributed by atoms with E-state index in [0.717, 1.165) is 28.9 Å². The molecule has 6 nitrogen and oxygen atoms in total. The van der Waals surface area contributed by atoms with Gasteiger partial charge in [0.15, 0.2) is 0 Å². The maximum absolute atomic E-state index is 14.8. The molecule has 31 heavy (non-hydrogen) atoms. The van der Waals surface area contributed by atoms with Crippen LogP contribution in [0.3, 0.4) is 0 Å². The van der Waals surface area contributed by atoms with E-state index in [9.17, 15) is 19.1 Å². The van der Waals surface area contributed by atoms with Gasteiger partial charge in [-0.15, -0.1) is 0 Å². The summed E-state index contributed by atoms with van der Waals surface area (Å²) >= 11 is 0. The van der Waals surface area contributed by atoms with Crippen LogP contribution in [0.1, 0.15) is 55.5 Å². The second kappa shape index (κ2) is 7.87. The van der Waals surface area contributed by atoms with Gasteiger partial charge in [-0.25, -0.2) is 9.18 Å². The zero-order valence-corrected chi connectivity index (χ0v) is 18.0. The minimum absolute atomic E-state index is 0.197. The van der Waals surface area contributed by atoms with Crippen LogP contribution in [0.5, 0.6) is 5.75 Å². The molecule has 0 spiro atoms. The number of anilines is 1. The predicted molar refractivity (Wildman–Crippen MR) is 115 cm³/mol. The molecule has 2 aliphatic rings. The number of aryl methyl sites for hydroxylation is 1. The minimum Gasteiger partial charge on any atom is -0.494 e. The first-order valence-electron chi connectivity index (χ1n) is 10.6. The quantitative estimate of drug-likeness (QED) is 0.745. The summed E-state index contributed by atoms with van der Waals surface area (Å²) in [6.07, 6.45) is 0.925. The van der Waals surface area contributed by atoms with Gasteiger partial charge in [0.05, 0.1) is 6.61 Å². The Kier molecular flexibility index (Phi) is 5.37. The van der Waals surface area contributed by atoms with E-state index in [0.29, 0.717) is 35.6 Å². The second-order valence-corrected chi connectivity index (χ2v) is 8.79. The summed E-state index contributed by atoms with van der Waals surface area (Å²) in [7, 11) is 0. The number of carbonyl (C=O) groups is 2. The lowest BCUT2D eigenvalue weighted by Crippen LogP contribution is -2.44. The highest BCUT2D eigenvalue weighted by atomic mass is 19.1. The van der Waals surface area contributed by atoms with E-state index in [2.05, 4.69) is 5.32 Å². The molecule has 0 unspecified atom stereocenters. The molecule has 0 radical (unpaired) electrons. The molecule has 0 saturated heterocycles. The zero-order chi connectivity index (χ0) is 22.3. The van der Waals surface area contributed by atoms with Crippen LogP contribution in [0.4, 0.5) is 14.9 Å². The average Bonchev–Trinajstić information content (AvgIpc) is 3.01. The molecule has 7 heteroatoms. The standard InChI is InChI=1S/C24H27FN2O4/c1-4-31-17-5-6-18-14(12-17)8-10-27(23(29)30)21(18)22(28)26-16-11-15-7-9-24(2,3)20(15)19(25)13-16/h5-6,11-13,21H,4,7-10H2,1-3H3,(H,26,28)(H,29,30)/t21-/m0/s1. The Balaban J connectivity index is 1.66. The van der Waals surface area contributed by atoms with E-state index in [1.807, 2.05) is 26.8 Å². The minimum atomic E-state index is -1.17. The SMILES string of the molecule is CCOc1ccc2c(c1)CCN(C(=O)O)[C@@H]2C(=O)Nc1cc(F)c2c(c1)CCC2(C)C. The van der Waals surface area contributed by atoms with Crippen LogP contribution in [0.2, 0.25) is 0 Å². The molecule has 2 N–H and O–H groups in total. The number of amides is 2. The summed E-state index contributed by atoms with van der Waals surface area (Å²) in [5.74, 6) is -0.146. The molecule has 0 saturated carbocycles. The number of carboxylic acid groups (broad SMARTS) is 1. The highest BCUT2D eigenvalue weighted by molar-refractivity contribution is 5.97. The molecule has 1 heterocycles. The smallest absolute Gasteiger partial charge is 0.408 e. The van der Waals surface area contributed by atoms with Crippen molar-refractivity contribution in [2.24, 2.45) is 0 Å². The van der Waals surface area contributed by atoms with Crippen molar-refractivity contribution >= 4 is 17.7 Å². The number of halogens is 1. The van der Waals surface area contributed by atoms with Gasteiger partial charge in [-0.2, -0.15) is 0 Å². The van der Waals surface area contributed by atoms with Gasteiger partial charge in [-0.3, -0.25) is 9.69 Å². The Morgan fingerprint density at radius 1 is 1.23 bits per heavy atom. The van der Waals surface area contributed by atoms with Gasteiger partial charge in [-0.1, -0.05) is 19.9 Å². The summed E-state index contributed by atoms with van der Waals surface area (Å²) in [4.78, 5) is 26.2. The number of hydrogen-bond donors (Lipinski definition) is 2. The molecule has 0 fully saturated rings. The van der Waals surface area contributed by atoms with Gasteiger partial charge >= 0.3 is 6.09 Å². The van der Waals surface area contributed by atoms with Crippen LogP contribution in [-0.2, 0) is 23.1 Å². The topological polar surface area (TPSA) is 78.9 Å². The zero-order valence-electron chi connectivity index (χ0n) is 18.0. The van der Waals surface area contributed by atoms with Gasteiger partial charge in [0.25, 0.3) is 5.91 Å². The fourth-order valence-corrected chi connectivity index (χ4v) is 4.82. The van der Waals surface area contributed by atoms with Crippen molar-refractivity contribution in [2.75, 3.05) is 18.5 Å². The molecule has 2 amide bonds. The van der Waals surface area contributed by atoms with Crippen molar-refractivity contribution in [3.8, 4) is 5.75 Å². The fraction of sp³-hybridized carbons (Fsp3) is 0.417. The summed E-state index contributed by atoms with van der Waals surface area (Å²) in [6.45, 7) is 6.63. The Morgan fingerprint density at radius 2 is 2.00 bits per heavy atom. The highest BCUT2D eigenvalue weighted by Gasteiger charge is 2.37. The number of fused-ring (bicyclic) bond motifs is 2. The van der Waals surface area contributed by atoms with Crippen molar-refractivity contribution in [3.63, 3.8) is 0 Å². The summed E-state index contributed by atoms with van der Waals surface area (Å²) in [5, 5.41) is 12.4. The number of nitrogens with zero attached hydrogens (tertiary/aromatic N) is 1. The highest BCUT2D eigenvalue weighted by Crippen LogP contribution is 2.41. The molecule has 2 aromatic carbocycles. The molecule has 4 rings (SSSR count). The molecule has 164 valence electrons. The van der Waals surface area contributed by atoms with E-state index in [1.54, 1.807) is 18.2 Å². The van der Waals surface area contributed by atoms with E-state index in [1.165, 1.54) is 6.07 Å². The van der Waals surface area contributed by atoms with E-state index in [4.69, 9.17) is 4.74 Å². The molecular formula is C24H27FN2O4. The van der Waals surface area contributed by atoms with E-state index in [-0.39, 0.29) is 17.8 Å². The number of hydrogen-bond acceptors (Lipinski definition) is 3. The van der Waals surface area contributed by atoms with Crippen LogP contribution in [0, 0.1) is 5.82 Å². The average molecular weight is 426 g/mol. The Bertz CT molecular complexity index is 1050. The first-order chi connectivity index (χ1) is 14.7. The molecular weight excluding hydrogens is 399 g/mol. The normalized spacial score (nSPS) is 18.8. The Hall–Kier alpha value is -3.09. The van der Waals surface area contributed by atoms with Gasteiger partial charge in [0, 0.05) is 12.2 Å². The molecule has 2 aromatic rings. The predicted octanol–water partition coefficient (Wildman–Crippen LogP) is 4.66. The van der Waals surface area contributed by atoms with Crippen LogP contribution in [-0.4, -0.2) is 35.2 Å². The molecule has 0 aromatic heterocycles. The van der Waals surface area contributed by atoms with Crippen LogP contribution < -0.4 is 10.1 Å². The van der Waals surface area contributed by atoms with Gasteiger partial charge < -0.3 is 15.2 Å². The number of ether oxygens (including phenoxy) is 1. The molecule has 1 aliphatic carbocycles. The van der Waals surface area contributed by atoms with Gasteiger partial charge in [0.2, 0.25) is 0 Å². The van der Waals surface area contributed by atoms with Crippen LogP contribution >= 0.6 is 0 Å². The lowest BCUT2D eigenvalue weighted by molar-refractivity contribution is -0.121. The third-order valence-corrected chi connectivity index (χ3v) is 6.28. The van der Waals surface area contributed by atoms with Crippen molar-refractivity contribution < 1.29 is 23.8 Å². The lowest BCUT2D eigenvalue weighted by atomic mass is 9.86. The third-order valence-electron chi connectivity index (χ3n) is 6.28. The van der Waals surface area contributed by atoms with Crippen LogP contribution in [0.15, 0.2) is 30.3 Å². The molecule has 0 bridgehead atoms. The van der Waals surface area contributed by atoms with Gasteiger partial charge in [0.1, 0.15) is 17.6 Å². The summed E-state index contributed by atoms with van der Waals surface area (Å²) < 4.78 is 20.4. The number of benzene rings is 2. The summed E-state index contributed by atoms with van der Waals surface area (Å²) in [6, 6.07) is 7.46. The van der Waals surface area contributed by atoms with Gasteiger partial charge in [-0.05, 0) is 78.1 Å². The first-order valence-corrected chi connectivity index (χ1v) is 10.6. The Labute approximate surface area is 181 Å². The first kappa shape index (κ1) is 21.2. The molecule has 1 aliphatic heterocycles. The number of rotatable bonds is 4. The van der Waals surface area contributed by atoms with Crippen molar-refractivity contribution in [1.82, 2.24) is 4.90 Å². The van der Waals surface area contributed by atoms with E-state index < -0.39 is 18.0 Å². The largest absolute Gasteiger partial charge is 0.494 e. The summed E-state index contributed by atoms with van der Waals surface area (Å²) in [5.41, 5.74) is 3.21. The third kappa shape index (κ3) is 3.84. The maximum atomic E-state index is 14.8. The van der Waals surface area contributed by atoms with E-state index >= 15 is 0 Å². The Morgan fingerprint density at radius 3 is 2.71 bits per heavy atom. The monoisotopic (exact) mass is 426 g/mol. The lowest BCUT2D eigenvalue weighted by Gasteiger charge is -2.34. The van der Waals surface area contributed by atoms with Crippen molar-refractivity contribution in [2.45, 2.75) is 51.5 Å². The molecule has 1 atom stereocenters. The fourth-order valence-electron chi connectivity index (χ4n) is 4.82. The van der Waals surface area contributed by atoms with Crippen LogP contribution in [0.25, 0.3) is 0 Å². The maximum Gasteiger partial charge on any atom is 0.408 e. The second-order valence-electron chi connectivity index (χ2n) is 8.79. The van der Waals surface area contributed by atoms with Crippen molar-refractivity contribution in [1.29, 1.82) is 0 Å². The van der Waals surface area contributed by atoms with Crippen molar-refractivity contribution in [3.05, 3.63) is 58.4 Å². The number of carbonyl (C=O) groups excluding carboxylic acids is 1. The number of nitrogens with one attached hydrogen (secondary N) is 1.